The van der Waals surface area contributed by atoms with Crippen LogP contribution in [0.4, 0.5) is 14.5 Å². The number of alkyl halides is 2. The maximum Gasteiger partial charge on any atom is 0.387 e. The summed E-state index contributed by atoms with van der Waals surface area (Å²) in [5, 5.41) is 2.96. The zero-order valence-corrected chi connectivity index (χ0v) is 16.8. The number of methoxy groups -OCH3 is 2. The number of para-hydroxylation sites is 1. The van der Waals surface area contributed by atoms with Crippen molar-refractivity contribution in [2.75, 3.05) is 19.5 Å². The fraction of sp³-hybridized carbons (Fsp3) is 0.190. The highest BCUT2D eigenvalue weighted by Gasteiger charge is 2.22. The number of halogens is 2. The van der Waals surface area contributed by atoms with Gasteiger partial charge in [0.2, 0.25) is 0 Å². The SMILES string of the molecule is COC(=O)c1cc(OC)c(OC(F)F)cc1NC(=O)c1cc(=O)n(C)c2ccccc12. The third kappa shape index (κ3) is 4.32. The molecule has 0 unspecified atom stereocenters. The van der Waals surface area contributed by atoms with Gasteiger partial charge in [-0.3, -0.25) is 9.59 Å². The predicted octanol–water partition coefficient (Wildman–Crippen LogP) is 3.19. The van der Waals surface area contributed by atoms with Gasteiger partial charge in [0.15, 0.2) is 11.5 Å². The van der Waals surface area contributed by atoms with E-state index in [2.05, 4.69) is 10.1 Å². The molecule has 0 aliphatic carbocycles. The van der Waals surface area contributed by atoms with Crippen LogP contribution >= 0.6 is 0 Å². The Morgan fingerprint density at radius 2 is 1.74 bits per heavy atom. The van der Waals surface area contributed by atoms with Gasteiger partial charge in [-0.15, -0.1) is 0 Å². The van der Waals surface area contributed by atoms with Crippen LogP contribution < -0.4 is 20.3 Å². The van der Waals surface area contributed by atoms with Gasteiger partial charge in [-0.25, -0.2) is 4.79 Å². The lowest BCUT2D eigenvalue weighted by atomic mass is 10.1. The van der Waals surface area contributed by atoms with E-state index < -0.39 is 29.8 Å². The van der Waals surface area contributed by atoms with Crippen LogP contribution in [0.5, 0.6) is 11.5 Å². The predicted molar refractivity (Wildman–Crippen MR) is 108 cm³/mol. The Kier molecular flexibility index (Phi) is 6.19. The average Bonchev–Trinajstić information content (AvgIpc) is 2.75. The first-order valence-corrected chi connectivity index (χ1v) is 8.92. The number of esters is 1. The van der Waals surface area contributed by atoms with Gasteiger partial charge in [0.1, 0.15) is 0 Å². The second-order valence-electron chi connectivity index (χ2n) is 6.35. The monoisotopic (exact) mass is 432 g/mol. The molecule has 8 nitrogen and oxygen atoms in total. The van der Waals surface area contributed by atoms with Crippen molar-refractivity contribution in [3.63, 3.8) is 0 Å². The third-order valence-corrected chi connectivity index (χ3v) is 4.57. The molecule has 3 aromatic rings. The van der Waals surface area contributed by atoms with Crippen LogP contribution in [0.3, 0.4) is 0 Å². The fourth-order valence-electron chi connectivity index (χ4n) is 3.08. The van der Waals surface area contributed by atoms with Gasteiger partial charge in [-0.1, -0.05) is 18.2 Å². The lowest BCUT2D eigenvalue weighted by Gasteiger charge is -2.16. The molecule has 0 radical (unpaired) electrons. The summed E-state index contributed by atoms with van der Waals surface area (Å²) in [6, 6.07) is 10.0. The number of nitrogens with one attached hydrogen (secondary N) is 1. The van der Waals surface area contributed by atoms with Crippen molar-refractivity contribution >= 4 is 28.5 Å². The number of hydrogen-bond acceptors (Lipinski definition) is 6. The number of anilines is 1. The molecule has 1 amide bonds. The van der Waals surface area contributed by atoms with Crippen LogP contribution in [0.2, 0.25) is 0 Å². The number of amides is 1. The Bertz CT molecular complexity index is 1220. The molecule has 1 N–H and O–H groups in total. The molecule has 0 fully saturated rings. The molecule has 0 aliphatic rings. The van der Waals surface area contributed by atoms with Crippen molar-refractivity contribution in [3.05, 3.63) is 63.9 Å². The topological polar surface area (TPSA) is 95.9 Å². The largest absolute Gasteiger partial charge is 0.493 e. The molecular weight excluding hydrogens is 414 g/mol. The second kappa shape index (κ2) is 8.82. The molecule has 2 aromatic carbocycles. The van der Waals surface area contributed by atoms with E-state index in [0.717, 1.165) is 25.3 Å². The van der Waals surface area contributed by atoms with Crippen molar-refractivity contribution < 1.29 is 32.6 Å². The van der Waals surface area contributed by atoms with E-state index in [-0.39, 0.29) is 22.6 Å². The summed E-state index contributed by atoms with van der Waals surface area (Å²) in [6.07, 6.45) is 0. The number of ether oxygens (including phenoxy) is 3. The number of aromatic nitrogens is 1. The van der Waals surface area contributed by atoms with E-state index in [1.54, 1.807) is 31.3 Å². The summed E-state index contributed by atoms with van der Waals surface area (Å²) in [6.45, 7) is -3.16. The van der Waals surface area contributed by atoms with Crippen molar-refractivity contribution in [2.45, 2.75) is 6.61 Å². The maximum absolute atomic E-state index is 13.0. The summed E-state index contributed by atoms with van der Waals surface area (Å²) in [5.41, 5.74) is -0.166. The number of fused-ring (bicyclic) bond motifs is 1. The van der Waals surface area contributed by atoms with Crippen molar-refractivity contribution in [3.8, 4) is 11.5 Å². The number of aryl methyl sites for hydroxylation is 1. The lowest BCUT2D eigenvalue weighted by Crippen LogP contribution is -2.22. The normalized spacial score (nSPS) is 10.8. The number of benzene rings is 2. The van der Waals surface area contributed by atoms with Gasteiger partial charge in [0, 0.05) is 30.6 Å². The molecular formula is C21H18F2N2O6. The first-order valence-electron chi connectivity index (χ1n) is 8.92. The molecule has 10 heteroatoms. The highest BCUT2D eigenvalue weighted by Crippen LogP contribution is 2.35. The molecule has 0 aliphatic heterocycles. The minimum absolute atomic E-state index is 0.0432. The Morgan fingerprint density at radius 1 is 1.03 bits per heavy atom. The molecule has 0 bridgehead atoms. The smallest absolute Gasteiger partial charge is 0.387 e. The van der Waals surface area contributed by atoms with Gasteiger partial charge in [0.25, 0.3) is 11.5 Å². The Hall–Kier alpha value is -3.95. The van der Waals surface area contributed by atoms with Crippen LogP contribution in [0.15, 0.2) is 47.3 Å². The van der Waals surface area contributed by atoms with Crippen LogP contribution in [0.1, 0.15) is 20.7 Å². The van der Waals surface area contributed by atoms with Gasteiger partial charge in [-0.2, -0.15) is 8.78 Å². The van der Waals surface area contributed by atoms with Crippen molar-refractivity contribution in [1.82, 2.24) is 4.57 Å². The molecule has 0 spiro atoms. The highest BCUT2D eigenvalue weighted by molar-refractivity contribution is 6.14. The summed E-state index contributed by atoms with van der Waals surface area (Å²) in [4.78, 5) is 37.5. The van der Waals surface area contributed by atoms with Gasteiger partial charge < -0.3 is 24.1 Å². The molecule has 1 aromatic heterocycles. The van der Waals surface area contributed by atoms with E-state index in [1.165, 1.54) is 11.7 Å². The van der Waals surface area contributed by atoms with E-state index in [4.69, 9.17) is 9.47 Å². The number of nitrogens with zero attached hydrogens (tertiary/aromatic N) is 1. The third-order valence-electron chi connectivity index (χ3n) is 4.57. The van der Waals surface area contributed by atoms with Crippen LogP contribution in [0.25, 0.3) is 10.9 Å². The quantitative estimate of drug-likeness (QED) is 0.601. The summed E-state index contributed by atoms with van der Waals surface area (Å²) < 4.78 is 41.1. The number of rotatable bonds is 6. The van der Waals surface area contributed by atoms with Crippen LogP contribution in [-0.4, -0.2) is 37.3 Å². The molecule has 0 saturated carbocycles. The average molecular weight is 432 g/mol. The summed E-state index contributed by atoms with van der Waals surface area (Å²) in [5.74, 6) is -2.12. The molecule has 162 valence electrons. The van der Waals surface area contributed by atoms with Gasteiger partial charge >= 0.3 is 12.6 Å². The summed E-state index contributed by atoms with van der Waals surface area (Å²) in [7, 11) is 3.90. The zero-order valence-electron chi connectivity index (χ0n) is 16.8. The van der Waals surface area contributed by atoms with E-state index in [0.29, 0.717) is 10.9 Å². The fourth-order valence-corrected chi connectivity index (χ4v) is 3.08. The number of hydrogen-bond donors (Lipinski definition) is 1. The van der Waals surface area contributed by atoms with E-state index >= 15 is 0 Å². The highest BCUT2D eigenvalue weighted by atomic mass is 19.3. The lowest BCUT2D eigenvalue weighted by molar-refractivity contribution is -0.0511. The standard InChI is InChI=1S/C21H18F2N2O6/c1-25-15-7-5-4-6-11(15)12(9-18(25)26)19(27)24-14-10-17(31-21(22)23)16(29-2)8-13(14)20(28)30-3/h4-10,21H,1-3H3,(H,24,27). The zero-order chi connectivity index (χ0) is 22.7. The Labute approximate surface area is 174 Å². The van der Waals surface area contributed by atoms with Gasteiger partial charge in [0.05, 0.1) is 36.6 Å². The van der Waals surface area contributed by atoms with E-state index in [9.17, 15) is 23.2 Å². The van der Waals surface area contributed by atoms with Crippen molar-refractivity contribution in [2.24, 2.45) is 7.05 Å². The van der Waals surface area contributed by atoms with Gasteiger partial charge in [-0.05, 0) is 6.07 Å². The van der Waals surface area contributed by atoms with Crippen LogP contribution in [0, 0.1) is 0 Å². The minimum atomic E-state index is -3.16. The molecule has 1 heterocycles. The maximum atomic E-state index is 13.0. The first-order chi connectivity index (χ1) is 14.8. The molecule has 0 saturated heterocycles. The van der Waals surface area contributed by atoms with E-state index in [1.807, 2.05) is 0 Å². The number of pyridine rings is 1. The Balaban J connectivity index is 2.12. The second-order valence-corrected chi connectivity index (χ2v) is 6.35. The van der Waals surface area contributed by atoms with Crippen molar-refractivity contribution in [1.29, 1.82) is 0 Å². The van der Waals surface area contributed by atoms with Crippen LogP contribution in [-0.2, 0) is 11.8 Å². The summed E-state index contributed by atoms with van der Waals surface area (Å²) >= 11 is 0. The molecule has 3 rings (SSSR count). The first kappa shape index (κ1) is 21.8. The minimum Gasteiger partial charge on any atom is -0.493 e. The molecule has 31 heavy (non-hydrogen) atoms. The molecule has 0 atom stereocenters. The number of carbonyl (C=O) groups is 2. The number of carbonyl (C=O) groups excluding carboxylic acids is 2. The Morgan fingerprint density at radius 3 is 2.39 bits per heavy atom.